The van der Waals surface area contributed by atoms with Crippen molar-refractivity contribution in [2.45, 2.75) is 59.0 Å². The Morgan fingerprint density at radius 3 is 2.70 bits per heavy atom. The van der Waals surface area contributed by atoms with Crippen LogP contribution in [0, 0.1) is 6.92 Å². The zero-order valence-corrected chi connectivity index (χ0v) is 21.4. The topological polar surface area (TPSA) is 92.8 Å². The second kappa shape index (κ2) is 9.35. The Kier molecular flexibility index (Phi) is 5.87. The molecule has 188 valence electrons. The fourth-order valence-electron chi connectivity index (χ4n) is 5.44. The highest BCUT2D eigenvalue weighted by atomic mass is 16.5. The maximum atomic E-state index is 11.7. The van der Waals surface area contributed by atoms with Crippen LogP contribution >= 0.6 is 0 Å². The van der Waals surface area contributed by atoms with E-state index in [0.29, 0.717) is 12.4 Å². The largest absolute Gasteiger partial charge is 0.438 e. The molecule has 0 saturated heterocycles. The standard InChI is InChI=1S/C29H30N6O2/c1-4-7-25-31-26-18(2)14-15-30-28(26)34(25)17-20-10-13-24-22(16-20)12-11-21-8-5-6-9-23(21)35(24)19(3)27-32-29(36)37-33-27/h5-6,8-10,13-16,19H,4,7,11-12,17H2,1-3H3,(H,32,33,36). The van der Waals surface area contributed by atoms with Crippen LogP contribution in [0.3, 0.4) is 0 Å². The Balaban J connectivity index is 1.43. The highest BCUT2D eigenvalue weighted by molar-refractivity contribution is 5.76. The number of H-pyrrole nitrogens is 1. The van der Waals surface area contributed by atoms with E-state index in [1.165, 1.54) is 16.7 Å². The number of aromatic amines is 1. The van der Waals surface area contributed by atoms with Crippen molar-refractivity contribution in [3.05, 3.63) is 99.2 Å². The van der Waals surface area contributed by atoms with Crippen molar-refractivity contribution in [2.75, 3.05) is 4.90 Å². The van der Waals surface area contributed by atoms with Gasteiger partial charge in [-0.25, -0.2) is 14.8 Å². The third-order valence-electron chi connectivity index (χ3n) is 7.29. The Hall–Kier alpha value is -4.20. The van der Waals surface area contributed by atoms with Crippen LogP contribution in [0.15, 0.2) is 64.0 Å². The van der Waals surface area contributed by atoms with Crippen LogP contribution in [0.2, 0.25) is 0 Å². The lowest BCUT2D eigenvalue weighted by molar-refractivity contribution is 0.378. The van der Waals surface area contributed by atoms with Crippen molar-refractivity contribution in [2.24, 2.45) is 0 Å². The summed E-state index contributed by atoms with van der Waals surface area (Å²) >= 11 is 0. The Morgan fingerprint density at radius 2 is 1.89 bits per heavy atom. The van der Waals surface area contributed by atoms with Gasteiger partial charge in [-0.1, -0.05) is 42.4 Å². The fraction of sp³-hybridized carbons (Fsp3) is 0.310. The van der Waals surface area contributed by atoms with Crippen LogP contribution in [0.1, 0.15) is 60.2 Å². The number of para-hydroxylation sites is 1. The number of imidazole rings is 1. The molecule has 0 radical (unpaired) electrons. The van der Waals surface area contributed by atoms with Gasteiger partial charge in [-0.2, -0.15) is 0 Å². The summed E-state index contributed by atoms with van der Waals surface area (Å²) in [6.45, 7) is 7.03. The number of hydrogen-bond acceptors (Lipinski definition) is 6. The van der Waals surface area contributed by atoms with E-state index >= 15 is 0 Å². The first-order valence-electron chi connectivity index (χ1n) is 12.9. The lowest BCUT2D eigenvalue weighted by Crippen LogP contribution is -2.24. The van der Waals surface area contributed by atoms with E-state index in [1.54, 1.807) is 0 Å². The average Bonchev–Trinajstić information content (AvgIpc) is 3.44. The molecule has 1 atom stereocenters. The molecule has 1 N–H and O–H groups in total. The molecule has 8 nitrogen and oxygen atoms in total. The van der Waals surface area contributed by atoms with E-state index in [9.17, 15) is 4.79 Å². The first kappa shape index (κ1) is 23.2. The molecule has 1 unspecified atom stereocenters. The van der Waals surface area contributed by atoms with Crippen molar-refractivity contribution in [1.29, 1.82) is 0 Å². The summed E-state index contributed by atoms with van der Waals surface area (Å²) in [5.41, 5.74) is 9.05. The number of rotatable bonds is 6. The van der Waals surface area contributed by atoms with E-state index in [0.717, 1.165) is 59.6 Å². The fourth-order valence-corrected chi connectivity index (χ4v) is 5.44. The molecule has 3 aromatic heterocycles. The maximum Gasteiger partial charge on any atom is 0.438 e. The first-order chi connectivity index (χ1) is 18.0. The van der Waals surface area contributed by atoms with E-state index in [4.69, 9.17) is 9.51 Å². The Bertz CT molecular complexity index is 1650. The summed E-state index contributed by atoms with van der Waals surface area (Å²) in [7, 11) is 0. The number of benzene rings is 2. The number of fused-ring (bicyclic) bond motifs is 3. The molecule has 0 saturated carbocycles. The summed E-state index contributed by atoms with van der Waals surface area (Å²) in [6.07, 6.45) is 5.66. The molecule has 2 aromatic carbocycles. The Labute approximate surface area is 215 Å². The van der Waals surface area contributed by atoms with E-state index in [2.05, 4.69) is 80.9 Å². The van der Waals surface area contributed by atoms with Gasteiger partial charge in [0.15, 0.2) is 11.5 Å². The third kappa shape index (κ3) is 4.12. The van der Waals surface area contributed by atoms with Crippen LogP contribution in [0.4, 0.5) is 11.4 Å². The van der Waals surface area contributed by atoms with Crippen LogP contribution in [-0.2, 0) is 25.8 Å². The lowest BCUT2D eigenvalue weighted by atomic mass is 10.0. The molecule has 0 spiro atoms. The smallest absolute Gasteiger partial charge is 0.330 e. The van der Waals surface area contributed by atoms with Gasteiger partial charge < -0.3 is 9.47 Å². The van der Waals surface area contributed by atoms with Crippen LogP contribution in [-0.4, -0.2) is 24.7 Å². The number of aromatic nitrogens is 5. The van der Waals surface area contributed by atoms with E-state index in [1.807, 2.05) is 19.2 Å². The SMILES string of the molecule is CCCc1nc2c(C)ccnc2n1Cc1ccc2c(c1)CCc1ccccc1N2C(C)c1noc(=O)[nH]1. The van der Waals surface area contributed by atoms with Gasteiger partial charge in [0.1, 0.15) is 11.3 Å². The molecule has 0 bridgehead atoms. The quantitative estimate of drug-likeness (QED) is 0.339. The summed E-state index contributed by atoms with van der Waals surface area (Å²) in [5, 5.41) is 4.00. The Morgan fingerprint density at radius 1 is 1.08 bits per heavy atom. The summed E-state index contributed by atoms with van der Waals surface area (Å²) in [5.74, 6) is 1.04. The number of nitrogens with zero attached hydrogens (tertiary/aromatic N) is 5. The highest BCUT2D eigenvalue weighted by Crippen LogP contribution is 2.41. The number of hydrogen-bond donors (Lipinski definition) is 1. The van der Waals surface area contributed by atoms with Gasteiger partial charge in [-0.3, -0.25) is 9.51 Å². The molecule has 1 aliphatic rings. The van der Waals surface area contributed by atoms with Crippen LogP contribution in [0.5, 0.6) is 0 Å². The maximum absolute atomic E-state index is 11.7. The molecule has 37 heavy (non-hydrogen) atoms. The molecule has 5 aromatic rings. The number of aryl methyl sites for hydroxylation is 4. The predicted molar refractivity (Wildman–Crippen MR) is 143 cm³/mol. The van der Waals surface area contributed by atoms with E-state index < -0.39 is 5.76 Å². The van der Waals surface area contributed by atoms with Crippen molar-refractivity contribution >= 4 is 22.5 Å². The zero-order valence-electron chi connectivity index (χ0n) is 21.4. The van der Waals surface area contributed by atoms with Crippen molar-refractivity contribution in [1.82, 2.24) is 24.7 Å². The summed E-state index contributed by atoms with van der Waals surface area (Å²) < 4.78 is 7.10. The van der Waals surface area contributed by atoms with Gasteiger partial charge >= 0.3 is 5.76 Å². The van der Waals surface area contributed by atoms with Gasteiger partial charge in [-0.15, -0.1) is 0 Å². The second-order valence-electron chi connectivity index (χ2n) is 9.78. The minimum Gasteiger partial charge on any atom is -0.330 e. The molecule has 0 fully saturated rings. The van der Waals surface area contributed by atoms with Crippen molar-refractivity contribution < 1.29 is 4.52 Å². The molecule has 6 rings (SSSR count). The summed E-state index contributed by atoms with van der Waals surface area (Å²) in [4.78, 5) is 26.3. The van der Waals surface area contributed by atoms with Gasteiger partial charge in [0.25, 0.3) is 0 Å². The molecule has 1 aliphatic heterocycles. The first-order valence-corrected chi connectivity index (χ1v) is 12.9. The van der Waals surface area contributed by atoms with Crippen LogP contribution in [0.25, 0.3) is 11.2 Å². The number of nitrogens with one attached hydrogen (secondary N) is 1. The molecule has 0 aliphatic carbocycles. The molecular weight excluding hydrogens is 464 g/mol. The molecular formula is C29H30N6O2. The van der Waals surface area contributed by atoms with Crippen LogP contribution < -0.4 is 10.7 Å². The minimum absolute atomic E-state index is 0.212. The van der Waals surface area contributed by atoms with Gasteiger partial charge in [-0.05, 0) is 73.6 Å². The van der Waals surface area contributed by atoms with E-state index in [-0.39, 0.29) is 6.04 Å². The van der Waals surface area contributed by atoms with Crippen molar-refractivity contribution in [3.8, 4) is 0 Å². The molecule has 0 amide bonds. The number of anilines is 2. The normalized spacial score (nSPS) is 13.9. The molecule has 4 heterocycles. The second-order valence-corrected chi connectivity index (χ2v) is 9.78. The van der Waals surface area contributed by atoms with Gasteiger partial charge in [0, 0.05) is 24.0 Å². The highest BCUT2D eigenvalue weighted by Gasteiger charge is 2.28. The van der Waals surface area contributed by atoms with Gasteiger partial charge in [0.05, 0.1) is 12.6 Å². The zero-order chi connectivity index (χ0) is 25.5. The third-order valence-corrected chi connectivity index (χ3v) is 7.29. The predicted octanol–water partition coefficient (Wildman–Crippen LogP) is 5.41. The molecule has 8 heteroatoms. The number of pyridine rings is 1. The lowest BCUT2D eigenvalue weighted by Gasteiger charge is -2.31. The average molecular weight is 495 g/mol. The summed E-state index contributed by atoms with van der Waals surface area (Å²) in [6, 6.07) is 16.9. The minimum atomic E-state index is -0.542. The monoisotopic (exact) mass is 494 g/mol. The van der Waals surface area contributed by atoms with Crippen molar-refractivity contribution in [3.63, 3.8) is 0 Å². The van der Waals surface area contributed by atoms with Gasteiger partial charge in [0.2, 0.25) is 0 Å².